The number of nitrogens with zero attached hydrogens (tertiary/aromatic N) is 2. The number of carbonyl (C=O) groups excluding carboxylic acids is 2. The number of aromatic carboxylic acids is 1. The molecule has 1 fully saturated rings. The maximum absolute atomic E-state index is 12.9. The van der Waals surface area contributed by atoms with E-state index in [-0.39, 0.29) is 23.3 Å². The van der Waals surface area contributed by atoms with Crippen molar-refractivity contribution < 1.29 is 19.5 Å². The third kappa shape index (κ3) is 4.37. The summed E-state index contributed by atoms with van der Waals surface area (Å²) in [5, 5.41) is 8.83. The van der Waals surface area contributed by atoms with Crippen molar-refractivity contribution in [3.63, 3.8) is 0 Å². The van der Waals surface area contributed by atoms with Crippen LogP contribution in [-0.2, 0) is 11.3 Å². The van der Waals surface area contributed by atoms with Gasteiger partial charge in [-0.2, -0.15) is 0 Å². The van der Waals surface area contributed by atoms with Gasteiger partial charge in [0.2, 0.25) is 0 Å². The van der Waals surface area contributed by atoms with Crippen LogP contribution >= 0.6 is 34.4 Å². The first kappa shape index (κ1) is 22.3. The van der Waals surface area contributed by atoms with Crippen molar-refractivity contribution in [3.8, 4) is 5.69 Å². The summed E-state index contributed by atoms with van der Waals surface area (Å²) < 4.78 is 3.08. The monoisotopic (exact) mass is 558 g/mol. The van der Waals surface area contributed by atoms with Gasteiger partial charge in [-0.1, -0.05) is 12.1 Å². The first-order valence-electron chi connectivity index (χ1n) is 9.77. The van der Waals surface area contributed by atoms with E-state index in [9.17, 15) is 14.4 Å². The SMILES string of the molecule is Cc1cc(/C=C2/SC(=O)N(Cc3ccc(I)cc3)C2=O)c(C)n1-c1ccc(C(=O)O)cc1. The minimum absolute atomic E-state index is 0.221. The fourth-order valence-corrected chi connectivity index (χ4v) is 4.82. The van der Waals surface area contributed by atoms with Gasteiger partial charge in [0.1, 0.15) is 0 Å². The van der Waals surface area contributed by atoms with Crippen molar-refractivity contribution in [2.75, 3.05) is 0 Å². The Labute approximate surface area is 203 Å². The van der Waals surface area contributed by atoms with E-state index in [0.29, 0.717) is 4.91 Å². The van der Waals surface area contributed by atoms with Gasteiger partial charge < -0.3 is 9.67 Å². The van der Waals surface area contributed by atoms with Gasteiger partial charge in [-0.15, -0.1) is 0 Å². The summed E-state index contributed by atoms with van der Waals surface area (Å²) in [6.45, 7) is 4.12. The third-order valence-corrected chi connectivity index (χ3v) is 6.88. The number of aromatic nitrogens is 1. The number of halogens is 1. The van der Waals surface area contributed by atoms with E-state index < -0.39 is 5.97 Å². The second-order valence-electron chi connectivity index (χ2n) is 7.41. The van der Waals surface area contributed by atoms with Crippen LogP contribution in [-0.4, -0.2) is 31.7 Å². The highest BCUT2D eigenvalue weighted by atomic mass is 127. The van der Waals surface area contributed by atoms with Gasteiger partial charge in [0.25, 0.3) is 11.1 Å². The lowest BCUT2D eigenvalue weighted by atomic mass is 10.2. The predicted octanol–water partition coefficient (Wildman–Crippen LogP) is 5.63. The maximum Gasteiger partial charge on any atom is 0.335 e. The van der Waals surface area contributed by atoms with Crippen molar-refractivity contribution in [2.24, 2.45) is 0 Å². The molecule has 4 rings (SSSR count). The lowest BCUT2D eigenvalue weighted by molar-refractivity contribution is -0.123. The fraction of sp³-hybridized carbons (Fsp3) is 0.125. The summed E-state index contributed by atoms with van der Waals surface area (Å²) in [5.74, 6) is -1.27. The van der Waals surface area contributed by atoms with Gasteiger partial charge in [0.05, 0.1) is 17.0 Å². The molecule has 0 unspecified atom stereocenters. The lowest BCUT2D eigenvalue weighted by Gasteiger charge is -2.12. The Bertz CT molecular complexity index is 1260. The molecule has 0 saturated carbocycles. The molecule has 1 aromatic heterocycles. The number of benzene rings is 2. The number of carbonyl (C=O) groups is 3. The highest BCUT2D eigenvalue weighted by Crippen LogP contribution is 2.34. The minimum Gasteiger partial charge on any atom is -0.478 e. The Morgan fingerprint density at radius 2 is 1.72 bits per heavy atom. The Kier molecular flexibility index (Phi) is 6.25. The molecule has 2 amide bonds. The summed E-state index contributed by atoms with van der Waals surface area (Å²) in [5.41, 5.74) is 4.63. The van der Waals surface area contributed by atoms with Crippen LogP contribution in [0.4, 0.5) is 4.79 Å². The van der Waals surface area contributed by atoms with Gasteiger partial charge in [-0.25, -0.2) is 4.79 Å². The summed E-state index contributed by atoms with van der Waals surface area (Å²) in [6, 6.07) is 16.3. The first-order chi connectivity index (χ1) is 15.2. The zero-order chi connectivity index (χ0) is 23.0. The van der Waals surface area contributed by atoms with Crippen molar-refractivity contribution >= 4 is 57.5 Å². The number of hydrogen-bond donors (Lipinski definition) is 1. The molecule has 0 atom stereocenters. The molecule has 0 spiro atoms. The molecule has 0 radical (unpaired) electrons. The van der Waals surface area contributed by atoms with Crippen LogP contribution < -0.4 is 0 Å². The van der Waals surface area contributed by atoms with Gasteiger partial charge in [0.15, 0.2) is 0 Å². The van der Waals surface area contributed by atoms with Crippen molar-refractivity contribution in [2.45, 2.75) is 20.4 Å². The summed E-state index contributed by atoms with van der Waals surface area (Å²) >= 11 is 3.16. The molecule has 0 aliphatic carbocycles. The Hall–Kier alpha value is -2.85. The Morgan fingerprint density at radius 1 is 1.06 bits per heavy atom. The molecule has 0 bridgehead atoms. The number of aryl methyl sites for hydroxylation is 1. The molecule has 8 heteroatoms. The van der Waals surface area contributed by atoms with E-state index in [1.54, 1.807) is 30.3 Å². The lowest BCUT2D eigenvalue weighted by Crippen LogP contribution is -2.27. The number of amides is 2. The van der Waals surface area contributed by atoms with Gasteiger partial charge in [-0.3, -0.25) is 14.5 Å². The zero-order valence-electron chi connectivity index (χ0n) is 17.3. The molecule has 1 saturated heterocycles. The Balaban J connectivity index is 1.61. The molecular weight excluding hydrogens is 539 g/mol. The number of carboxylic acid groups (broad SMARTS) is 1. The van der Waals surface area contributed by atoms with E-state index in [0.717, 1.165) is 43.5 Å². The van der Waals surface area contributed by atoms with E-state index in [2.05, 4.69) is 22.6 Å². The molecule has 2 aromatic carbocycles. The molecule has 2 heterocycles. The molecule has 1 N–H and O–H groups in total. The molecule has 162 valence electrons. The second-order valence-corrected chi connectivity index (χ2v) is 9.65. The van der Waals surface area contributed by atoms with Crippen molar-refractivity contribution in [1.82, 2.24) is 9.47 Å². The van der Waals surface area contributed by atoms with Gasteiger partial charge in [0, 0.05) is 20.6 Å². The third-order valence-electron chi connectivity index (χ3n) is 5.26. The fourth-order valence-electron chi connectivity index (χ4n) is 3.63. The second kappa shape index (κ2) is 8.95. The van der Waals surface area contributed by atoms with E-state index in [1.165, 1.54) is 4.90 Å². The number of rotatable bonds is 5. The molecule has 32 heavy (non-hydrogen) atoms. The minimum atomic E-state index is -0.973. The van der Waals surface area contributed by atoms with Crippen LogP contribution in [0.5, 0.6) is 0 Å². The average Bonchev–Trinajstić information content (AvgIpc) is 3.19. The maximum atomic E-state index is 12.9. The van der Waals surface area contributed by atoms with Crippen LogP contribution in [0.15, 0.2) is 59.5 Å². The van der Waals surface area contributed by atoms with E-state index in [4.69, 9.17) is 5.11 Å². The van der Waals surface area contributed by atoms with Crippen LogP contribution in [0.2, 0.25) is 0 Å². The highest BCUT2D eigenvalue weighted by molar-refractivity contribution is 14.1. The van der Waals surface area contributed by atoms with Gasteiger partial charge in [-0.05, 0) is 108 Å². The van der Waals surface area contributed by atoms with Crippen LogP contribution in [0.25, 0.3) is 11.8 Å². The van der Waals surface area contributed by atoms with Crippen molar-refractivity contribution in [1.29, 1.82) is 0 Å². The number of carboxylic acids is 1. The van der Waals surface area contributed by atoms with E-state index >= 15 is 0 Å². The molecular formula is C24H19IN2O4S. The molecule has 6 nitrogen and oxygen atoms in total. The Morgan fingerprint density at radius 3 is 2.34 bits per heavy atom. The standard InChI is InChI=1S/C24H19IN2O4S/c1-14-11-18(15(2)27(14)20-9-5-17(6-10-20)23(29)30)12-21-22(28)26(24(31)32-21)13-16-3-7-19(25)8-4-16/h3-12H,13H2,1-2H3,(H,29,30)/b21-12+. The smallest absolute Gasteiger partial charge is 0.335 e. The predicted molar refractivity (Wildman–Crippen MR) is 133 cm³/mol. The topological polar surface area (TPSA) is 79.6 Å². The first-order valence-corrected chi connectivity index (χ1v) is 11.7. The van der Waals surface area contributed by atoms with Crippen LogP contribution in [0.1, 0.15) is 32.9 Å². The quantitative estimate of drug-likeness (QED) is 0.324. The normalized spacial score (nSPS) is 15.1. The van der Waals surface area contributed by atoms with Crippen molar-refractivity contribution in [3.05, 3.63) is 91.2 Å². The van der Waals surface area contributed by atoms with Gasteiger partial charge >= 0.3 is 5.97 Å². The molecule has 1 aliphatic rings. The summed E-state index contributed by atoms with van der Waals surface area (Å²) in [4.78, 5) is 38.2. The average molecular weight is 558 g/mol. The number of hydrogen-bond acceptors (Lipinski definition) is 4. The number of imide groups is 1. The summed E-state index contributed by atoms with van der Waals surface area (Å²) in [7, 11) is 0. The van der Waals surface area contributed by atoms with Crippen LogP contribution in [0, 0.1) is 17.4 Å². The summed E-state index contributed by atoms with van der Waals surface area (Å²) in [6.07, 6.45) is 1.75. The van der Waals surface area contributed by atoms with E-state index in [1.807, 2.05) is 48.7 Å². The molecule has 1 aliphatic heterocycles. The largest absolute Gasteiger partial charge is 0.478 e. The van der Waals surface area contributed by atoms with Crippen LogP contribution in [0.3, 0.4) is 0 Å². The zero-order valence-corrected chi connectivity index (χ0v) is 20.3. The number of thioether (sulfide) groups is 1. The molecule has 3 aromatic rings. The highest BCUT2D eigenvalue weighted by Gasteiger charge is 2.35.